The van der Waals surface area contributed by atoms with Gasteiger partial charge in [-0.3, -0.25) is 9.10 Å². The molecule has 0 fully saturated rings. The second-order valence-corrected chi connectivity index (χ2v) is 8.08. The van der Waals surface area contributed by atoms with Crippen LogP contribution < -0.4 is 14.4 Å². The van der Waals surface area contributed by atoms with Gasteiger partial charge in [-0.05, 0) is 49.7 Å². The van der Waals surface area contributed by atoms with E-state index in [1.165, 1.54) is 25.1 Å². The highest BCUT2D eigenvalue weighted by Gasteiger charge is 2.30. The normalized spacial score (nSPS) is 13.5. The molecule has 8 heteroatoms. The van der Waals surface area contributed by atoms with Crippen LogP contribution in [0.2, 0.25) is 0 Å². The molecule has 0 bridgehead atoms. The van der Waals surface area contributed by atoms with Gasteiger partial charge in [0.15, 0.2) is 0 Å². The molecule has 2 atom stereocenters. The molecule has 2 aromatic rings. The number of carbonyl (C=O) groups is 1. The third-order valence-electron chi connectivity index (χ3n) is 4.13. The number of sulfonamides is 1. The summed E-state index contributed by atoms with van der Waals surface area (Å²) in [4.78, 5) is 12.7. The van der Waals surface area contributed by atoms with Crippen LogP contribution in [-0.2, 0) is 14.8 Å². The zero-order valence-corrected chi connectivity index (χ0v) is 16.5. The predicted octanol–water partition coefficient (Wildman–Crippen LogP) is 2.87. The Bertz CT molecular complexity index is 900. The summed E-state index contributed by atoms with van der Waals surface area (Å²) in [6.07, 6.45) is 0.981. The molecule has 0 aliphatic heterocycles. The van der Waals surface area contributed by atoms with Crippen LogP contribution in [0.25, 0.3) is 0 Å². The monoisotopic (exact) mass is 394 g/mol. The number of hydrogen-bond acceptors (Lipinski definition) is 4. The number of halogens is 1. The van der Waals surface area contributed by atoms with E-state index in [4.69, 9.17) is 4.74 Å². The summed E-state index contributed by atoms with van der Waals surface area (Å²) in [7, 11) is -2.24. The Morgan fingerprint density at radius 2 is 1.78 bits per heavy atom. The molecule has 0 aliphatic rings. The maximum Gasteiger partial charge on any atom is 0.244 e. The number of benzene rings is 2. The van der Waals surface area contributed by atoms with Crippen LogP contribution in [0.15, 0.2) is 48.5 Å². The third kappa shape index (κ3) is 5.19. The van der Waals surface area contributed by atoms with E-state index in [0.717, 1.165) is 22.2 Å². The summed E-state index contributed by atoms with van der Waals surface area (Å²) in [6, 6.07) is 10.9. The van der Waals surface area contributed by atoms with E-state index in [1.807, 2.05) is 12.1 Å². The van der Waals surface area contributed by atoms with E-state index in [2.05, 4.69) is 5.32 Å². The van der Waals surface area contributed by atoms with E-state index in [0.29, 0.717) is 5.75 Å². The lowest BCUT2D eigenvalue weighted by atomic mass is 10.1. The summed E-state index contributed by atoms with van der Waals surface area (Å²) in [5.41, 5.74) is 0.935. The van der Waals surface area contributed by atoms with Gasteiger partial charge in [0, 0.05) is 0 Å². The molecule has 0 heterocycles. The quantitative estimate of drug-likeness (QED) is 0.784. The van der Waals surface area contributed by atoms with Crippen molar-refractivity contribution in [2.45, 2.75) is 25.9 Å². The molecule has 0 saturated heterocycles. The fourth-order valence-electron chi connectivity index (χ4n) is 2.73. The molecule has 6 nitrogen and oxygen atoms in total. The Hall–Kier alpha value is -2.61. The molecule has 0 unspecified atom stereocenters. The number of hydrogen-bond donors (Lipinski definition) is 1. The topological polar surface area (TPSA) is 75.7 Å². The lowest BCUT2D eigenvalue weighted by Gasteiger charge is -2.29. The molecule has 1 amide bonds. The van der Waals surface area contributed by atoms with Crippen LogP contribution >= 0.6 is 0 Å². The lowest BCUT2D eigenvalue weighted by Crippen LogP contribution is -2.48. The first-order valence-corrected chi connectivity index (χ1v) is 10.2. The van der Waals surface area contributed by atoms with Crippen LogP contribution in [0.5, 0.6) is 5.75 Å². The molecule has 0 radical (unpaired) electrons. The minimum atomic E-state index is -3.80. The average molecular weight is 394 g/mol. The first kappa shape index (κ1) is 20.7. The molecule has 2 aromatic carbocycles. The summed E-state index contributed by atoms with van der Waals surface area (Å²) < 4.78 is 44.0. The van der Waals surface area contributed by atoms with Gasteiger partial charge in [0.1, 0.15) is 17.6 Å². The number of amides is 1. The first-order chi connectivity index (χ1) is 12.6. The minimum absolute atomic E-state index is 0.0947. The van der Waals surface area contributed by atoms with Gasteiger partial charge < -0.3 is 10.1 Å². The average Bonchev–Trinajstić information content (AvgIpc) is 2.60. The molecule has 1 N–H and O–H groups in total. The van der Waals surface area contributed by atoms with Gasteiger partial charge in [-0.15, -0.1) is 0 Å². The molecule has 0 aliphatic carbocycles. The lowest BCUT2D eigenvalue weighted by molar-refractivity contribution is -0.122. The van der Waals surface area contributed by atoms with Crippen molar-refractivity contribution in [3.8, 4) is 5.75 Å². The van der Waals surface area contributed by atoms with Crippen LogP contribution in [0.1, 0.15) is 25.5 Å². The van der Waals surface area contributed by atoms with Crippen molar-refractivity contribution in [3.05, 3.63) is 59.9 Å². The zero-order valence-electron chi connectivity index (χ0n) is 15.6. The van der Waals surface area contributed by atoms with Crippen LogP contribution in [0, 0.1) is 5.82 Å². The highest BCUT2D eigenvalue weighted by Crippen LogP contribution is 2.23. The Kier molecular flexibility index (Phi) is 6.43. The van der Waals surface area contributed by atoms with Crippen LogP contribution in [0.3, 0.4) is 0 Å². The van der Waals surface area contributed by atoms with E-state index < -0.39 is 27.8 Å². The number of rotatable bonds is 7. The van der Waals surface area contributed by atoms with E-state index in [1.54, 1.807) is 26.2 Å². The van der Waals surface area contributed by atoms with E-state index >= 15 is 0 Å². The van der Waals surface area contributed by atoms with Gasteiger partial charge in [-0.1, -0.05) is 18.2 Å². The molecule has 0 aromatic heterocycles. The maximum atomic E-state index is 13.5. The fourth-order valence-corrected chi connectivity index (χ4v) is 3.90. The molecule has 27 heavy (non-hydrogen) atoms. The number of ether oxygens (including phenoxy) is 1. The summed E-state index contributed by atoms with van der Waals surface area (Å²) in [5.74, 6) is -0.381. The largest absolute Gasteiger partial charge is 0.497 e. The van der Waals surface area contributed by atoms with E-state index in [9.17, 15) is 17.6 Å². The van der Waals surface area contributed by atoms with Crippen molar-refractivity contribution in [2.75, 3.05) is 17.7 Å². The second-order valence-electron chi connectivity index (χ2n) is 6.22. The van der Waals surface area contributed by atoms with Crippen molar-refractivity contribution in [3.63, 3.8) is 0 Å². The van der Waals surface area contributed by atoms with E-state index in [-0.39, 0.29) is 11.7 Å². The Balaban J connectivity index is 2.21. The minimum Gasteiger partial charge on any atom is -0.497 e. The van der Waals surface area contributed by atoms with Crippen molar-refractivity contribution in [1.82, 2.24) is 5.32 Å². The highest BCUT2D eigenvalue weighted by molar-refractivity contribution is 7.92. The molecule has 2 rings (SSSR count). The van der Waals surface area contributed by atoms with Gasteiger partial charge >= 0.3 is 0 Å². The van der Waals surface area contributed by atoms with Crippen LogP contribution in [0.4, 0.5) is 10.1 Å². The molecule has 0 saturated carbocycles. The Labute approximate surface area is 159 Å². The number of methoxy groups -OCH3 is 1. The Morgan fingerprint density at radius 3 is 2.30 bits per heavy atom. The second kappa shape index (κ2) is 8.39. The predicted molar refractivity (Wildman–Crippen MR) is 103 cm³/mol. The fraction of sp³-hybridized carbons (Fsp3) is 0.316. The van der Waals surface area contributed by atoms with Crippen molar-refractivity contribution < 1.29 is 22.3 Å². The highest BCUT2D eigenvalue weighted by atomic mass is 32.2. The van der Waals surface area contributed by atoms with Gasteiger partial charge in [-0.2, -0.15) is 0 Å². The SMILES string of the molecule is COc1ccc([C@H](C)NC(=O)[C@@H](C)N(c2cccc(F)c2)S(C)(=O)=O)cc1. The summed E-state index contributed by atoms with van der Waals surface area (Å²) >= 11 is 0. The summed E-state index contributed by atoms with van der Waals surface area (Å²) in [5, 5.41) is 2.79. The standard InChI is InChI=1S/C19H23FN2O4S/c1-13(15-8-10-18(26-3)11-9-15)21-19(23)14(2)22(27(4,24)25)17-7-5-6-16(20)12-17/h5-14H,1-4H3,(H,21,23)/t13-,14+/m0/s1. The smallest absolute Gasteiger partial charge is 0.244 e. The number of nitrogens with zero attached hydrogens (tertiary/aromatic N) is 1. The van der Waals surface area contributed by atoms with Gasteiger partial charge in [0.25, 0.3) is 0 Å². The molecule has 0 spiro atoms. The van der Waals surface area contributed by atoms with Gasteiger partial charge in [-0.25, -0.2) is 12.8 Å². The third-order valence-corrected chi connectivity index (χ3v) is 5.37. The number of carbonyl (C=O) groups excluding carboxylic acids is 1. The van der Waals surface area contributed by atoms with Gasteiger partial charge in [0.2, 0.25) is 15.9 Å². The molecular formula is C19H23FN2O4S. The summed E-state index contributed by atoms with van der Waals surface area (Å²) in [6.45, 7) is 3.25. The van der Waals surface area contributed by atoms with Gasteiger partial charge in [0.05, 0.1) is 25.1 Å². The van der Waals surface area contributed by atoms with Crippen molar-refractivity contribution in [2.24, 2.45) is 0 Å². The molecule has 146 valence electrons. The van der Waals surface area contributed by atoms with Crippen molar-refractivity contribution >= 4 is 21.6 Å². The van der Waals surface area contributed by atoms with Crippen LogP contribution in [-0.4, -0.2) is 33.7 Å². The number of anilines is 1. The molecular weight excluding hydrogens is 371 g/mol. The van der Waals surface area contributed by atoms with Crippen molar-refractivity contribution in [1.29, 1.82) is 0 Å². The first-order valence-electron chi connectivity index (χ1n) is 8.32. The maximum absolute atomic E-state index is 13.5. The Morgan fingerprint density at radius 1 is 1.15 bits per heavy atom. The number of nitrogens with one attached hydrogen (secondary N) is 1. The zero-order chi connectivity index (χ0) is 20.2.